The Morgan fingerprint density at radius 2 is 1.84 bits per heavy atom. The van der Waals surface area contributed by atoms with Crippen LogP contribution < -0.4 is 5.32 Å². The van der Waals surface area contributed by atoms with Gasteiger partial charge in [0.2, 0.25) is 0 Å². The van der Waals surface area contributed by atoms with Gasteiger partial charge >= 0.3 is 0 Å². The van der Waals surface area contributed by atoms with Crippen LogP contribution in [0.5, 0.6) is 5.75 Å². The van der Waals surface area contributed by atoms with Crippen molar-refractivity contribution < 1.29 is 30.3 Å². The maximum Gasteiger partial charge on any atom is 0.157 e. The van der Waals surface area contributed by atoms with E-state index in [-0.39, 0.29) is 5.75 Å². The third kappa shape index (κ3) is 2.96. The van der Waals surface area contributed by atoms with Crippen molar-refractivity contribution in [3.63, 3.8) is 0 Å². The number of nitrogens with one attached hydrogen (secondary N) is 1. The van der Waals surface area contributed by atoms with Gasteiger partial charge in [0.25, 0.3) is 0 Å². The van der Waals surface area contributed by atoms with Crippen LogP contribution in [0, 0.1) is 0 Å². The standard InChI is InChI=1S/C12H17NO6/c14-5-8-9(16)10(17)11(18)12(19-8)13-6-2-1-3-7(15)4-6/h1-4,8-18H,5H2/t8-,9+,10+,11-,12+/m0/s1. The van der Waals surface area contributed by atoms with Gasteiger partial charge in [-0.25, -0.2) is 0 Å². The Labute approximate surface area is 109 Å². The van der Waals surface area contributed by atoms with E-state index >= 15 is 0 Å². The van der Waals surface area contributed by atoms with E-state index in [9.17, 15) is 20.4 Å². The molecule has 7 heteroatoms. The number of phenolic OH excluding ortho intramolecular Hbond substituents is 1. The van der Waals surface area contributed by atoms with Gasteiger partial charge in [0.05, 0.1) is 6.61 Å². The average Bonchev–Trinajstić information content (AvgIpc) is 2.39. The van der Waals surface area contributed by atoms with E-state index in [1.807, 2.05) is 0 Å². The second-order valence-corrected chi connectivity index (χ2v) is 4.44. The quantitative estimate of drug-likeness (QED) is 0.400. The van der Waals surface area contributed by atoms with Crippen molar-refractivity contribution in [2.75, 3.05) is 11.9 Å². The molecule has 0 aromatic heterocycles. The van der Waals surface area contributed by atoms with Crippen LogP contribution in [0.4, 0.5) is 5.69 Å². The molecule has 1 saturated heterocycles. The van der Waals surface area contributed by atoms with Gasteiger partial charge in [-0.05, 0) is 12.1 Å². The molecule has 6 N–H and O–H groups in total. The highest BCUT2D eigenvalue weighted by molar-refractivity contribution is 5.48. The Bertz CT molecular complexity index is 426. The lowest BCUT2D eigenvalue weighted by Gasteiger charge is -2.40. The normalized spacial score (nSPS) is 35.1. The molecule has 1 aliphatic heterocycles. The molecule has 7 nitrogen and oxygen atoms in total. The van der Waals surface area contributed by atoms with Crippen molar-refractivity contribution in [2.24, 2.45) is 0 Å². The van der Waals surface area contributed by atoms with E-state index in [4.69, 9.17) is 9.84 Å². The molecule has 2 rings (SSSR count). The molecule has 0 saturated carbocycles. The summed E-state index contributed by atoms with van der Waals surface area (Å²) in [6, 6.07) is 6.14. The summed E-state index contributed by atoms with van der Waals surface area (Å²) in [5, 5.41) is 50.2. The smallest absolute Gasteiger partial charge is 0.157 e. The maximum atomic E-state index is 9.81. The molecule has 1 aromatic rings. The first-order chi connectivity index (χ1) is 9.02. The van der Waals surface area contributed by atoms with Crippen LogP contribution in [0.25, 0.3) is 0 Å². The van der Waals surface area contributed by atoms with E-state index in [2.05, 4.69) is 5.32 Å². The van der Waals surface area contributed by atoms with Gasteiger partial charge < -0.3 is 35.6 Å². The molecule has 0 spiro atoms. The van der Waals surface area contributed by atoms with Crippen LogP contribution in [0.2, 0.25) is 0 Å². The van der Waals surface area contributed by atoms with E-state index in [1.54, 1.807) is 12.1 Å². The van der Waals surface area contributed by atoms with Crippen LogP contribution in [-0.4, -0.2) is 62.8 Å². The van der Waals surface area contributed by atoms with E-state index < -0.39 is 37.3 Å². The van der Waals surface area contributed by atoms with Gasteiger partial charge in [-0.2, -0.15) is 0 Å². The molecule has 5 atom stereocenters. The van der Waals surface area contributed by atoms with Gasteiger partial charge in [0, 0.05) is 11.8 Å². The molecule has 1 heterocycles. The summed E-state index contributed by atoms with van der Waals surface area (Å²) in [5.41, 5.74) is 0.476. The van der Waals surface area contributed by atoms with E-state index in [1.165, 1.54) is 12.1 Å². The predicted molar refractivity (Wildman–Crippen MR) is 65.5 cm³/mol. The molecule has 106 valence electrons. The monoisotopic (exact) mass is 271 g/mol. The number of benzene rings is 1. The first-order valence-corrected chi connectivity index (χ1v) is 5.89. The van der Waals surface area contributed by atoms with Crippen molar-refractivity contribution in [3.8, 4) is 5.75 Å². The first-order valence-electron chi connectivity index (χ1n) is 5.89. The van der Waals surface area contributed by atoms with Crippen molar-refractivity contribution >= 4 is 5.69 Å². The lowest BCUT2D eigenvalue weighted by Crippen LogP contribution is -2.60. The molecular weight excluding hydrogens is 254 g/mol. The molecule has 1 aromatic carbocycles. The minimum Gasteiger partial charge on any atom is -0.508 e. The number of aromatic hydroxyl groups is 1. The number of aliphatic hydroxyl groups is 4. The largest absolute Gasteiger partial charge is 0.508 e. The molecule has 19 heavy (non-hydrogen) atoms. The van der Waals surface area contributed by atoms with Crippen LogP contribution in [0.3, 0.4) is 0 Å². The summed E-state index contributed by atoms with van der Waals surface area (Å²) in [7, 11) is 0. The minimum atomic E-state index is -1.43. The van der Waals surface area contributed by atoms with E-state index in [0.717, 1.165) is 0 Å². The summed E-state index contributed by atoms with van der Waals surface area (Å²) in [6.45, 7) is -0.483. The number of rotatable bonds is 3. The Morgan fingerprint density at radius 3 is 2.47 bits per heavy atom. The van der Waals surface area contributed by atoms with Crippen LogP contribution in [0.1, 0.15) is 0 Å². The highest BCUT2D eigenvalue weighted by Gasteiger charge is 2.43. The van der Waals surface area contributed by atoms with Crippen molar-refractivity contribution in [3.05, 3.63) is 24.3 Å². The maximum absolute atomic E-state index is 9.81. The van der Waals surface area contributed by atoms with E-state index in [0.29, 0.717) is 5.69 Å². The fraction of sp³-hybridized carbons (Fsp3) is 0.500. The summed E-state index contributed by atoms with van der Waals surface area (Å²) < 4.78 is 5.27. The Kier molecular flexibility index (Phi) is 4.23. The number of ether oxygens (including phenoxy) is 1. The number of phenols is 1. The zero-order valence-corrected chi connectivity index (χ0v) is 10.0. The second kappa shape index (κ2) is 5.72. The highest BCUT2D eigenvalue weighted by atomic mass is 16.6. The number of aliphatic hydroxyl groups excluding tert-OH is 4. The SMILES string of the molecule is OC[C@@H]1O[C@@H](Nc2cccc(O)c2)[C@@H](O)[C@H](O)[C@@H]1O. The number of anilines is 1. The zero-order valence-electron chi connectivity index (χ0n) is 10.0. The van der Waals surface area contributed by atoms with Crippen LogP contribution in [0.15, 0.2) is 24.3 Å². The van der Waals surface area contributed by atoms with Crippen molar-refractivity contribution in [1.82, 2.24) is 0 Å². The summed E-state index contributed by atoms with van der Waals surface area (Å²) >= 11 is 0. The highest BCUT2D eigenvalue weighted by Crippen LogP contribution is 2.24. The van der Waals surface area contributed by atoms with Gasteiger partial charge in [-0.15, -0.1) is 0 Å². The molecule has 0 bridgehead atoms. The van der Waals surface area contributed by atoms with Crippen molar-refractivity contribution in [1.29, 1.82) is 0 Å². The van der Waals surface area contributed by atoms with Crippen LogP contribution >= 0.6 is 0 Å². The van der Waals surface area contributed by atoms with Crippen molar-refractivity contribution in [2.45, 2.75) is 30.6 Å². The molecule has 1 fully saturated rings. The minimum absolute atomic E-state index is 0.0367. The molecule has 0 aliphatic carbocycles. The Balaban J connectivity index is 2.10. The topological polar surface area (TPSA) is 122 Å². The van der Waals surface area contributed by atoms with Gasteiger partial charge in [-0.1, -0.05) is 6.07 Å². The summed E-state index contributed by atoms with van der Waals surface area (Å²) in [5.74, 6) is 0.0367. The Morgan fingerprint density at radius 1 is 1.11 bits per heavy atom. The van der Waals surface area contributed by atoms with Gasteiger partial charge in [0.15, 0.2) is 6.23 Å². The predicted octanol–water partition coefficient (Wildman–Crippen LogP) is -1.40. The van der Waals surface area contributed by atoms with Gasteiger partial charge in [-0.3, -0.25) is 0 Å². The Hall–Kier alpha value is -1.38. The molecule has 0 unspecified atom stereocenters. The number of hydrogen-bond acceptors (Lipinski definition) is 7. The fourth-order valence-electron chi connectivity index (χ4n) is 1.98. The summed E-state index contributed by atoms with van der Waals surface area (Å²) in [4.78, 5) is 0. The third-order valence-electron chi connectivity index (χ3n) is 3.05. The van der Waals surface area contributed by atoms with Gasteiger partial charge in [0.1, 0.15) is 30.2 Å². The molecule has 0 radical (unpaired) electrons. The fourth-order valence-corrected chi connectivity index (χ4v) is 1.98. The third-order valence-corrected chi connectivity index (χ3v) is 3.05. The van der Waals surface area contributed by atoms with Crippen LogP contribution in [-0.2, 0) is 4.74 Å². The molecule has 0 amide bonds. The zero-order chi connectivity index (χ0) is 14.0. The average molecular weight is 271 g/mol. The molecule has 1 aliphatic rings. The second-order valence-electron chi connectivity index (χ2n) is 4.44. The summed E-state index contributed by atoms with van der Waals surface area (Å²) in [6.07, 6.45) is -6.14. The first kappa shape index (κ1) is 14.0. The number of hydrogen-bond donors (Lipinski definition) is 6. The molecular formula is C12H17NO6. The lowest BCUT2D eigenvalue weighted by molar-refractivity contribution is -0.221. The lowest BCUT2D eigenvalue weighted by atomic mass is 9.98.